The molecule has 5 atom stereocenters. The van der Waals surface area contributed by atoms with Gasteiger partial charge in [-0.25, -0.2) is 14.6 Å². The number of ether oxygens (including phenoxy) is 2. The van der Waals surface area contributed by atoms with E-state index in [1.807, 2.05) is 6.92 Å². The minimum Gasteiger partial charge on any atom is -0.460 e. The van der Waals surface area contributed by atoms with Gasteiger partial charge in [0.2, 0.25) is 5.91 Å². The molecule has 258 valence electrons. The Balaban J connectivity index is 1.54. The van der Waals surface area contributed by atoms with E-state index in [0.717, 1.165) is 5.57 Å². The maximum Gasteiger partial charge on any atom is 0.412 e. The van der Waals surface area contributed by atoms with Gasteiger partial charge >= 0.3 is 12.1 Å². The normalized spacial score (nSPS) is 26.4. The number of aromatic nitrogens is 3. The Labute approximate surface area is 279 Å². The number of esters is 1. The average Bonchev–Trinajstić information content (AvgIpc) is 3.80. The third kappa shape index (κ3) is 10.3. The number of cyclic esters (lactones) is 1. The lowest BCUT2D eigenvalue weighted by Crippen LogP contribution is -2.44. The van der Waals surface area contributed by atoms with Crippen LogP contribution in [0.25, 0.3) is 0 Å². The van der Waals surface area contributed by atoms with Gasteiger partial charge in [-0.2, -0.15) is 5.10 Å². The van der Waals surface area contributed by atoms with Crippen molar-refractivity contribution < 1.29 is 38.2 Å². The van der Waals surface area contributed by atoms with Crippen molar-refractivity contribution in [2.75, 3.05) is 25.0 Å². The minimum atomic E-state index is -0.867. The van der Waals surface area contributed by atoms with E-state index < -0.39 is 48.1 Å². The number of carbonyl (C=O) groups excluding carboxylic acids is 4. The van der Waals surface area contributed by atoms with Crippen LogP contribution in [0.1, 0.15) is 56.4 Å². The summed E-state index contributed by atoms with van der Waals surface area (Å²) in [6.07, 6.45) is 10.3. The first-order valence-electron chi connectivity index (χ1n) is 15.9. The zero-order chi connectivity index (χ0) is 34.8. The van der Waals surface area contributed by atoms with Crippen LogP contribution < -0.4 is 10.6 Å². The number of oxazole rings is 1. The SMILES string of the molecule is C=C1Cc2nc(co2)C(=O)N2CCCC2C(=O)OC(C(C)COC(=O)Nc2ccn(C)n2)C(C)/C=C/C(=O)NC/C=C/C(C)=C/C(O)C1. The second kappa shape index (κ2) is 16.7. The number of hydrogen-bond acceptors (Lipinski definition) is 10. The van der Waals surface area contributed by atoms with Crippen molar-refractivity contribution in [3.63, 3.8) is 0 Å². The molecule has 0 radical (unpaired) electrons. The number of aliphatic hydroxyl groups is 1. The molecule has 48 heavy (non-hydrogen) atoms. The van der Waals surface area contributed by atoms with Crippen LogP contribution in [-0.4, -0.2) is 86.6 Å². The van der Waals surface area contributed by atoms with E-state index in [1.165, 1.54) is 21.9 Å². The molecule has 1 saturated heterocycles. The van der Waals surface area contributed by atoms with Gasteiger partial charge in [-0.3, -0.25) is 19.6 Å². The molecule has 0 saturated carbocycles. The van der Waals surface area contributed by atoms with Crippen molar-refractivity contribution in [1.29, 1.82) is 0 Å². The van der Waals surface area contributed by atoms with E-state index in [4.69, 9.17) is 13.9 Å². The van der Waals surface area contributed by atoms with Crippen LogP contribution in [0.5, 0.6) is 0 Å². The quantitative estimate of drug-likeness (QED) is 0.324. The second-order valence-electron chi connectivity index (χ2n) is 12.2. The molecule has 3 N–H and O–H groups in total. The van der Waals surface area contributed by atoms with Gasteiger partial charge in [0, 0.05) is 50.7 Å². The molecule has 1 fully saturated rings. The van der Waals surface area contributed by atoms with Crippen molar-refractivity contribution in [1.82, 2.24) is 25.0 Å². The third-order valence-corrected chi connectivity index (χ3v) is 7.99. The maximum atomic E-state index is 13.6. The Bertz CT molecular complexity index is 1570. The van der Waals surface area contributed by atoms with Crippen LogP contribution in [0.15, 0.2) is 71.0 Å². The van der Waals surface area contributed by atoms with E-state index in [0.29, 0.717) is 30.8 Å². The lowest BCUT2D eigenvalue weighted by Gasteiger charge is -2.30. The number of carbonyl (C=O) groups is 4. The van der Waals surface area contributed by atoms with Crippen molar-refractivity contribution in [3.05, 3.63) is 78.2 Å². The van der Waals surface area contributed by atoms with E-state index in [-0.39, 0.29) is 43.5 Å². The van der Waals surface area contributed by atoms with Gasteiger partial charge in [0.25, 0.3) is 5.91 Å². The third-order valence-electron chi connectivity index (χ3n) is 7.99. The van der Waals surface area contributed by atoms with E-state index >= 15 is 0 Å². The summed E-state index contributed by atoms with van der Waals surface area (Å²) in [6.45, 7) is 9.87. The lowest BCUT2D eigenvalue weighted by atomic mass is 9.93. The summed E-state index contributed by atoms with van der Waals surface area (Å²) < 4.78 is 18.5. The zero-order valence-corrected chi connectivity index (χ0v) is 27.8. The number of aliphatic hydroxyl groups excluding tert-OH is 1. The fourth-order valence-electron chi connectivity index (χ4n) is 5.58. The molecular formula is C34H44N6O8. The van der Waals surface area contributed by atoms with Crippen molar-refractivity contribution in [3.8, 4) is 0 Å². The average molecular weight is 665 g/mol. The lowest BCUT2D eigenvalue weighted by molar-refractivity contribution is -0.159. The number of rotatable bonds is 4. The Kier molecular flexibility index (Phi) is 12.5. The van der Waals surface area contributed by atoms with Crippen LogP contribution in [0.2, 0.25) is 0 Å². The molecule has 2 aliphatic heterocycles. The molecule has 4 rings (SSSR count). The first kappa shape index (κ1) is 35.9. The number of aryl methyl sites for hydroxylation is 1. The van der Waals surface area contributed by atoms with Gasteiger partial charge in [0.15, 0.2) is 17.4 Å². The molecule has 2 aromatic rings. The number of nitrogens with zero attached hydrogens (tertiary/aromatic N) is 4. The molecule has 0 spiro atoms. The molecule has 3 amide bonds. The number of hydrogen-bond donors (Lipinski definition) is 3. The largest absolute Gasteiger partial charge is 0.460 e. The standard InChI is InChI=1S/C34H44N6O8/c1-21-8-6-13-35-29(42)11-10-23(3)31(24(4)19-47-34(45)37-28-12-15-39(5)38-28)48-33(44)27-9-7-14-40(27)32(43)26-20-46-30(36-26)18-22(2)17-25(41)16-21/h6,8,10-12,15-16,20,23-25,27,31,41H,2,7,9,13-14,17-19H2,1,3-5H3,(H,35,42)(H,37,38,45)/b8-6+,11-10+,21-16+. The number of allylic oxidation sites excluding steroid dienone is 2. The van der Waals surface area contributed by atoms with Gasteiger partial charge in [-0.1, -0.05) is 55.9 Å². The molecule has 2 bridgehead atoms. The molecular weight excluding hydrogens is 620 g/mol. The number of amides is 3. The van der Waals surface area contributed by atoms with Crippen LogP contribution in [0, 0.1) is 11.8 Å². The molecule has 14 heteroatoms. The number of anilines is 1. The van der Waals surface area contributed by atoms with Crippen molar-refractivity contribution in [2.45, 2.75) is 64.7 Å². The summed E-state index contributed by atoms with van der Waals surface area (Å²) in [7, 11) is 1.72. The van der Waals surface area contributed by atoms with Crippen LogP contribution in [-0.2, 0) is 32.5 Å². The summed E-state index contributed by atoms with van der Waals surface area (Å²) in [5.41, 5.74) is 1.51. The smallest absolute Gasteiger partial charge is 0.412 e. The highest BCUT2D eigenvalue weighted by Gasteiger charge is 2.39. The van der Waals surface area contributed by atoms with Crippen LogP contribution in [0.3, 0.4) is 0 Å². The Morgan fingerprint density at radius 1 is 1.29 bits per heavy atom. The molecule has 2 aliphatic rings. The molecule has 4 heterocycles. The van der Waals surface area contributed by atoms with E-state index in [2.05, 4.69) is 27.3 Å². The van der Waals surface area contributed by atoms with Gasteiger partial charge in [0.1, 0.15) is 18.4 Å². The fraction of sp³-hybridized carbons (Fsp3) is 0.471. The highest BCUT2D eigenvalue weighted by Crippen LogP contribution is 2.26. The first-order chi connectivity index (χ1) is 22.9. The second-order valence-corrected chi connectivity index (χ2v) is 12.2. The topological polar surface area (TPSA) is 178 Å². The number of fused-ring (bicyclic) bond motifs is 3. The van der Waals surface area contributed by atoms with Gasteiger partial charge in [-0.15, -0.1) is 0 Å². The number of nitrogens with one attached hydrogen (secondary N) is 2. The zero-order valence-electron chi connectivity index (χ0n) is 27.8. The predicted molar refractivity (Wildman–Crippen MR) is 175 cm³/mol. The Hall–Kier alpha value is -4.98. The van der Waals surface area contributed by atoms with Crippen molar-refractivity contribution in [2.24, 2.45) is 18.9 Å². The summed E-state index contributed by atoms with van der Waals surface area (Å²) in [5, 5.41) is 19.9. The van der Waals surface area contributed by atoms with Crippen LogP contribution in [0.4, 0.5) is 10.6 Å². The van der Waals surface area contributed by atoms with Gasteiger partial charge in [0.05, 0.1) is 12.7 Å². The molecule has 5 unspecified atom stereocenters. The summed E-state index contributed by atoms with van der Waals surface area (Å²) >= 11 is 0. The molecule has 2 aromatic heterocycles. The fourth-order valence-corrected chi connectivity index (χ4v) is 5.58. The van der Waals surface area contributed by atoms with Gasteiger partial charge in [-0.05, 0) is 32.3 Å². The highest BCUT2D eigenvalue weighted by molar-refractivity contribution is 5.95. The highest BCUT2D eigenvalue weighted by atomic mass is 16.6. The molecule has 0 aliphatic carbocycles. The van der Waals surface area contributed by atoms with Gasteiger partial charge < -0.3 is 29.2 Å². The van der Waals surface area contributed by atoms with Crippen LogP contribution >= 0.6 is 0 Å². The van der Waals surface area contributed by atoms with Crippen molar-refractivity contribution >= 4 is 29.7 Å². The maximum absolute atomic E-state index is 13.6. The monoisotopic (exact) mass is 664 g/mol. The predicted octanol–water partition coefficient (Wildman–Crippen LogP) is 3.48. The Morgan fingerprint density at radius 3 is 2.83 bits per heavy atom. The summed E-state index contributed by atoms with van der Waals surface area (Å²) in [6, 6.07) is 0.751. The molecule has 14 nitrogen and oxygen atoms in total. The first-order valence-corrected chi connectivity index (χ1v) is 15.9. The van der Waals surface area contributed by atoms with E-state index in [9.17, 15) is 24.3 Å². The van der Waals surface area contributed by atoms with E-state index in [1.54, 1.807) is 57.5 Å². The molecule has 0 aromatic carbocycles. The summed E-state index contributed by atoms with van der Waals surface area (Å²) in [4.78, 5) is 57.9. The summed E-state index contributed by atoms with van der Waals surface area (Å²) in [5.74, 6) is -1.82. The Morgan fingerprint density at radius 2 is 2.08 bits per heavy atom. The minimum absolute atomic E-state index is 0.0527.